The van der Waals surface area contributed by atoms with E-state index in [0.29, 0.717) is 23.3 Å². The second kappa shape index (κ2) is 12.4. The van der Waals surface area contributed by atoms with Gasteiger partial charge in [0.1, 0.15) is 0 Å². The first-order valence-electron chi connectivity index (χ1n) is 13.8. The van der Waals surface area contributed by atoms with E-state index in [4.69, 9.17) is 0 Å². The number of rotatable bonds is 8. The molecule has 0 saturated heterocycles. The van der Waals surface area contributed by atoms with Crippen molar-refractivity contribution < 1.29 is 0 Å². The highest BCUT2D eigenvalue weighted by Crippen LogP contribution is 2.38. The Morgan fingerprint density at radius 3 is 1.41 bits per heavy atom. The molecule has 0 unspecified atom stereocenters. The maximum atomic E-state index is 10.5. The normalized spacial score (nSPS) is 12.0. The van der Waals surface area contributed by atoms with Crippen molar-refractivity contribution >= 4 is 17.2 Å². The number of hydrogen-bond donors (Lipinski definition) is 0. The van der Waals surface area contributed by atoms with Crippen molar-refractivity contribution in [2.45, 2.75) is 113 Å². The second-order valence-electron chi connectivity index (χ2n) is 12.1. The molecule has 0 saturated carbocycles. The molecule has 2 rings (SSSR count). The van der Waals surface area contributed by atoms with Gasteiger partial charge >= 0.3 is 0 Å². The maximum absolute atomic E-state index is 10.5. The minimum atomic E-state index is 0.211. The second-order valence-corrected chi connectivity index (χ2v) is 12.1. The standard InChI is InChI=1S/C35H46N2/c1-20(2)28-15-30(22(5)6)29(21(3)4)14-26(28)13-27(18-36)33-16-32(24(9)10)34(17-31(33)23(7)8)35(19-37)25(11)12/h13-17,20-24H,1-12H3/b27-13+. The Morgan fingerprint density at radius 1 is 0.568 bits per heavy atom. The van der Waals surface area contributed by atoms with E-state index in [0.717, 1.165) is 39.0 Å². The van der Waals surface area contributed by atoms with Crippen molar-refractivity contribution in [3.8, 4) is 12.1 Å². The monoisotopic (exact) mass is 494 g/mol. The molecule has 2 nitrogen and oxygen atoms in total. The molecular weight excluding hydrogens is 448 g/mol. The highest BCUT2D eigenvalue weighted by molar-refractivity contribution is 5.93. The first kappa shape index (κ1) is 30.1. The lowest BCUT2D eigenvalue weighted by molar-refractivity contribution is 0.776. The van der Waals surface area contributed by atoms with Gasteiger partial charge in [0.2, 0.25) is 0 Å². The molecule has 37 heavy (non-hydrogen) atoms. The van der Waals surface area contributed by atoms with Crippen LogP contribution >= 0.6 is 0 Å². The van der Waals surface area contributed by atoms with E-state index in [2.05, 4.69) is 112 Å². The summed E-state index contributed by atoms with van der Waals surface area (Å²) < 4.78 is 0. The third-order valence-corrected chi connectivity index (χ3v) is 7.21. The van der Waals surface area contributed by atoms with Crippen LogP contribution in [0.3, 0.4) is 0 Å². The average molecular weight is 495 g/mol. The van der Waals surface area contributed by atoms with Crippen LogP contribution in [0.2, 0.25) is 0 Å². The van der Waals surface area contributed by atoms with E-state index >= 15 is 0 Å². The van der Waals surface area contributed by atoms with Crippen LogP contribution in [-0.2, 0) is 0 Å². The number of nitriles is 2. The van der Waals surface area contributed by atoms with Crippen LogP contribution in [-0.4, -0.2) is 0 Å². The van der Waals surface area contributed by atoms with Crippen LogP contribution in [0.4, 0.5) is 0 Å². The van der Waals surface area contributed by atoms with Crippen LogP contribution in [0.15, 0.2) is 29.8 Å². The fourth-order valence-corrected chi connectivity index (χ4v) is 5.10. The van der Waals surface area contributed by atoms with Gasteiger partial charge in [-0.3, -0.25) is 0 Å². The summed E-state index contributed by atoms with van der Waals surface area (Å²) in [6.07, 6.45) is 2.10. The van der Waals surface area contributed by atoms with E-state index in [1.54, 1.807) is 0 Å². The fraction of sp³-hybridized carbons (Fsp3) is 0.486. The van der Waals surface area contributed by atoms with E-state index in [9.17, 15) is 10.5 Å². The number of hydrogen-bond acceptors (Lipinski definition) is 2. The lowest BCUT2D eigenvalue weighted by Crippen LogP contribution is -2.05. The van der Waals surface area contributed by atoms with Gasteiger partial charge in [0.25, 0.3) is 0 Å². The molecular formula is C35H46N2. The predicted molar refractivity (Wildman–Crippen MR) is 161 cm³/mol. The molecule has 0 heterocycles. The molecule has 0 N–H and O–H groups in total. The van der Waals surface area contributed by atoms with Gasteiger partial charge in [-0.25, -0.2) is 0 Å². The predicted octanol–water partition coefficient (Wildman–Crippen LogP) is 10.7. The molecule has 0 atom stereocenters. The SMILES string of the molecule is CC(C)=C(C#N)c1cc(C(C)C)c(/C(C#N)=C/c2cc(C(C)C)c(C(C)C)cc2C(C)C)cc1C(C)C. The summed E-state index contributed by atoms with van der Waals surface area (Å²) in [7, 11) is 0. The van der Waals surface area contributed by atoms with Crippen LogP contribution in [0, 0.1) is 22.7 Å². The van der Waals surface area contributed by atoms with E-state index in [1.165, 1.54) is 16.7 Å². The lowest BCUT2D eigenvalue weighted by atomic mass is 9.81. The Hall–Kier alpha value is -3.10. The minimum Gasteiger partial charge on any atom is -0.192 e. The van der Waals surface area contributed by atoms with Crippen LogP contribution in [0.1, 0.15) is 157 Å². The molecule has 0 radical (unpaired) electrons. The average Bonchev–Trinajstić information content (AvgIpc) is 2.81. The Balaban J connectivity index is 2.98. The lowest BCUT2D eigenvalue weighted by Gasteiger charge is -2.23. The number of benzene rings is 2. The van der Waals surface area contributed by atoms with Crippen LogP contribution in [0.25, 0.3) is 17.2 Å². The Labute approximate surface area is 226 Å². The molecule has 0 amide bonds. The molecule has 0 aromatic heterocycles. The molecule has 2 aromatic rings. The van der Waals surface area contributed by atoms with Crippen molar-refractivity contribution in [2.24, 2.45) is 0 Å². The van der Waals surface area contributed by atoms with Crippen molar-refractivity contribution in [2.75, 3.05) is 0 Å². The Morgan fingerprint density at radius 2 is 1.00 bits per heavy atom. The summed E-state index contributed by atoms with van der Waals surface area (Å²) in [6, 6.07) is 14.0. The molecule has 2 heteroatoms. The summed E-state index contributed by atoms with van der Waals surface area (Å²) in [4.78, 5) is 0. The highest BCUT2D eigenvalue weighted by Gasteiger charge is 2.21. The van der Waals surface area contributed by atoms with Crippen LogP contribution in [0.5, 0.6) is 0 Å². The smallest absolute Gasteiger partial charge is 0.0998 e. The molecule has 0 aliphatic rings. The Bertz CT molecular complexity index is 1280. The molecule has 2 aromatic carbocycles. The summed E-state index contributed by atoms with van der Waals surface area (Å²) in [5.41, 5.74) is 11.8. The summed E-state index contributed by atoms with van der Waals surface area (Å²) in [5.74, 6) is 1.63. The van der Waals surface area contributed by atoms with Gasteiger partial charge in [-0.1, -0.05) is 86.9 Å². The molecule has 0 bridgehead atoms. The summed E-state index contributed by atoms with van der Waals surface area (Å²) in [6.45, 7) is 26.1. The van der Waals surface area contributed by atoms with E-state index < -0.39 is 0 Å². The summed E-state index contributed by atoms with van der Waals surface area (Å²) in [5, 5.41) is 20.4. The quantitative estimate of drug-likeness (QED) is 0.270. The molecule has 0 aliphatic carbocycles. The topological polar surface area (TPSA) is 47.6 Å². The zero-order valence-electron chi connectivity index (χ0n) is 25.2. The third-order valence-electron chi connectivity index (χ3n) is 7.21. The summed E-state index contributed by atoms with van der Waals surface area (Å²) >= 11 is 0. The third kappa shape index (κ3) is 6.62. The molecule has 0 spiro atoms. The first-order valence-corrected chi connectivity index (χ1v) is 13.8. The van der Waals surface area contributed by atoms with Crippen molar-refractivity contribution in [1.29, 1.82) is 10.5 Å². The van der Waals surface area contributed by atoms with Gasteiger partial charge in [-0.05, 0) is 106 Å². The Kier molecular flexibility index (Phi) is 10.1. The van der Waals surface area contributed by atoms with Crippen molar-refractivity contribution in [3.63, 3.8) is 0 Å². The van der Waals surface area contributed by atoms with E-state index in [1.807, 2.05) is 13.8 Å². The van der Waals surface area contributed by atoms with Gasteiger partial charge in [0, 0.05) is 0 Å². The minimum absolute atomic E-state index is 0.211. The largest absolute Gasteiger partial charge is 0.192 e. The van der Waals surface area contributed by atoms with E-state index in [-0.39, 0.29) is 11.8 Å². The number of allylic oxidation sites excluding steroid dienone is 3. The van der Waals surface area contributed by atoms with Crippen molar-refractivity contribution in [3.05, 3.63) is 74.3 Å². The van der Waals surface area contributed by atoms with Gasteiger partial charge in [-0.2, -0.15) is 10.5 Å². The fourth-order valence-electron chi connectivity index (χ4n) is 5.10. The van der Waals surface area contributed by atoms with Crippen LogP contribution < -0.4 is 0 Å². The van der Waals surface area contributed by atoms with Crippen molar-refractivity contribution in [1.82, 2.24) is 0 Å². The molecule has 0 aliphatic heterocycles. The van der Waals surface area contributed by atoms with Gasteiger partial charge in [-0.15, -0.1) is 0 Å². The zero-order chi connectivity index (χ0) is 28.2. The van der Waals surface area contributed by atoms with Gasteiger partial charge in [0.05, 0.1) is 23.3 Å². The van der Waals surface area contributed by atoms with Gasteiger partial charge in [0.15, 0.2) is 0 Å². The zero-order valence-corrected chi connectivity index (χ0v) is 25.2. The maximum Gasteiger partial charge on any atom is 0.0998 e. The molecule has 0 fully saturated rings. The highest BCUT2D eigenvalue weighted by atomic mass is 14.3. The van der Waals surface area contributed by atoms with Gasteiger partial charge < -0.3 is 0 Å². The molecule has 196 valence electrons. The number of nitrogens with zero attached hydrogens (tertiary/aromatic N) is 2. The first-order chi connectivity index (χ1) is 17.2.